The Labute approximate surface area is 142 Å². The molecule has 24 heavy (non-hydrogen) atoms. The third kappa shape index (κ3) is 8.33. The molecule has 0 bridgehead atoms. The van der Waals surface area contributed by atoms with Gasteiger partial charge in [-0.2, -0.15) is 12.6 Å². The second-order valence-electron chi connectivity index (χ2n) is 4.85. The fourth-order valence-electron chi connectivity index (χ4n) is 1.55. The first-order valence-electron chi connectivity index (χ1n) is 6.78. The van der Waals surface area contributed by atoms with Crippen molar-refractivity contribution < 1.29 is 34.2 Å². The summed E-state index contributed by atoms with van der Waals surface area (Å²) in [5.74, 6) is -5.44. The summed E-state index contributed by atoms with van der Waals surface area (Å²) in [5, 5.41) is 21.7. The Bertz CT molecular complexity index is 514. The van der Waals surface area contributed by atoms with Gasteiger partial charge >= 0.3 is 11.9 Å². The highest BCUT2D eigenvalue weighted by molar-refractivity contribution is 7.80. The number of carbonyl (C=O) groups is 5. The van der Waals surface area contributed by atoms with Gasteiger partial charge in [0, 0.05) is 12.2 Å². The fraction of sp³-hybridized carbons (Fsp3) is 0.583. The number of rotatable bonds is 11. The smallest absolute Gasteiger partial charge is 0.326 e. The first-order valence-corrected chi connectivity index (χ1v) is 7.41. The number of aliphatic carboxylic acids is 2. The predicted molar refractivity (Wildman–Crippen MR) is 84.0 cm³/mol. The van der Waals surface area contributed by atoms with E-state index in [0.29, 0.717) is 0 Å². The van der Waals surface area contributed by atoms with E-state index in [1.165, 1.54) is 0 Å². The van der Waals surface area contributed by atoms with Crippen LogP contribution in [0.15, 0.2) is 0 Å². The van der Waals surface area contributed by atoms with Crippen molar-refractivity contribution in [1.29, 1.82) is 0 Å². The lowest BCUT2D eigenvalue weighted by Crippen LogP contribution is -2.55. The summed E-state index contributed by atoms with van der Waals surface area (Å²) in [4.78, 5) is 55.9. The van der Waals surface area contributed by atoms with Gasteiger partial charge < -0.3 is 32.3 Å². The van der Waals surface area contributed by atoms with Crippen LogP contribution in [0.2, 0.25) is 0 Å². The zero-order chi connectivity index (χ0) is 18.9. The molecule has 0 aliphatic carbocycles. The molecule has 0 spiro atoms. The van der Waals surface area contributed by atoms with Gasteiger partial charge in [-0.05, 0) is 6.42 Å². The van der Waals surface area contributed by atoms with Crippen molar-refractivity contribution in [2.45, 2.75) is 37.4 Å². The molecule has 3 amide bonds. The summed E-state index contributed by atoms with van der Waals surface area (Å²) in [6, 6.07) is -3.98. The van der Waals surface area contributed by atoms with Crippen LogP contribution >= 0.6 is 12.6 Å². The maximum Gasteiger partial charge on any atom is 0.326 e. The van der Waals surface area contributed by atoms with Crippen LogP contribution in [0.25, 0.3) is 0 Å². The predicted octanol–water partition coefficient (Wildman–Crippen LogP) is -2.96. The quantitative estimate of drug-likeness (QED) is 0.188. The van der Waals surface area contributed by atoms with E-state index < -0.39 is 54.2 Å². The molecular formula is C12H20N4O7S. The van der Waals surface area contributed by atoms with E-state index >= 15 is 0 Å². The largest absolute Gasteiger partial charge is 0.481 e. The zero-order valence-electron chi connectivity index (χ0n) is 12.6. The summed E-state index contributed by atoms with van der Waals surface area (Å²) < 4.78 is 0. The van der Waals surface area contributed by atoms with Crippen molar-refractivity contribution in [3.63, 3.8) is 0 Å². The van der Waals surface area contributed by atoms with Crippen molar-refractivity contribution >= 4 is 42.3 Å². The number of carboxylic acid groups (broad SMARTS) is 2. The number of carbonyl (C=O) groups excluding carboxylic acids is 3. The molecule has 0 unspecified atom stereocenters. The highest BCUT2D eigenvalue weighted by Crippen LogP contribution is 1.99. The van der Waals surface area contributed by atoms with Crippen LogP contribution in [0, 0.1) is 0 Å². The fourth-order valence-corrected chi connectivity index (χ4v) is 1.81. The van der Waals surface area contributed by atoms with E-state index in [9.17, 15) is 24.0 Å². The third-order valence-electron chi connectivity index (χ3n) is 2.85. The van der Waals surface area contributed by atoms with Gasteiger partial charge in [-0.3, -0.25) is 19.2 Å². The minimum atomic E-state index is -1.65. The minimum absolute atomic E-state index is 0.0289. The van der Waals surface area contributed by atoms with E-state index in [1.807, 2.05) is 5.32 Å². The van der Waals surface area contributed by atoms with Crippen molar-refractivity contribution in [2.24, 2.45) is 11.5 Å². The van der Waals surface area contributed by atoms with Gasteiger partial charge in [0.15, 0.2) is 0 Å². The molecule has 0 saturated carbocycles. The average Bonchev–Trinajstić information content (AvgIpc) is 2.48. The second kappa shape index (κ2) is 10.4. The zero-order valence-corrected chi connectivity index (χ0v) is 13.5. The van der Waals surface area contributed by atoms with Crippen LogP contribution in [0.1, 0.15) is 19.3 Å². The topological polar surface area (TPSA) is 202 Å². The average molecular weight is 364 g/mol. The van der Waals surface area contributed by atoms with Crippen molar-refractivity contribution in [1.82, 2.24) is 10.6 Å². The Balaban J connectivity index is 4.73. The number of hydrogen-bond donors (Lipinski definition) is 7. The van der Waals surface area contributed by atoms with Crippen LogP contribution in [-0.2, 0) is 24.0 Å². The van der Waals surface area contributed by atoms with E-state index in [2.05, 4.69) is 17.9 Å². The number of thiol groups is 1. The van der Waals surface area contributed by atoms with Gasteiger partial charge in [0.2, 0.25) is 17.7 Å². The maximum atomic E-state index is 11.9. The number of amides is 3. The monoisotopic (exact) mass is 364 g/mol. The summed E-state index contributed by atoms with van der Waals surface area (Å²) in [7, 11) is 0. The molecule has 0 aliphatic rings. The number of carboxylic acids is 2. The van der Waals surface area contributed by atoms with Crippen molar-refractivity contribution in [2.75, 3.05) is 5.75 Å². The Morgan fingerprint density at radius 2 is 1.54 bits per heavy atom. The molecule has 0 radical (unpaired) electrons. The molecule has 0 heterocycles. The summed E-state index contributed by atoms with van der Waals surface area (Å²) in [6.07, 6.45) is -0.975. The number of nitrogens with two attached hydrogens (primary N) is 2. The lowest BCUT2D eigenvalue weighted by molar-refractivity contribution is -0.147. The lowest BCUT2D eigenvalue weighted by Gasteiger charge is -2.21. The number of primary amides is 1. The van der Waals surface area contributed by atoms with Crippen molar-refractivity contribution in [3.8, 4) is 0 Å². The molecule has 0 rings (SSSR count). The Morgan fingerprint density at radius 3 is 1.96 bits per heavy atom. The van der Waals surface area contributed by atoms with E-state index in [1.54, 1.807) is 0 Å². The van der Waals surface area contributed by atoms with Crippen LogP contribution in [0.4, 0.5) is 0 Å². The summed E-state index contributed by atoms with van der Waals surface area (Å²) >= 11 is 3.87. The van der Waals surface area contributed by atoms with Gasteiger partial charge in [0.05, 0.1) is 12.5 Å². The summed E-state index contributed by atoms with van der Waals surface area (Å²) in [6.45, 7) is 0. The first-order chi connectivity index (χ1) is 11.1. The number of nitrogens with one attached hydrogen (secondary N) is 2. The van der Waals surface area contributed by atoms with Crippen LogP contribution < -0.4 is 22.1 Å². The molecule has 0 fully saturated rings. The van der Waals surface area contributed by atoms with Crippen LogP contribution in [-0.4, -0.2) is 63.8 Å². The molecule has 136 valence electrons. The van der Waals surface area contributed by atoms with Gasteiger partial charge in [-0.15, -0.1) is 0 Å². The molecular weight excluding hydrogens is 344 g/mol. The van der Waals surface area contributed by atoms with Gasteiger partial charge in [-0.1, -0.05) is 0 Å². The second-order valence-corrected chi connectivity index (χ2v) is 5.22. The SMILES string of the molecule is NC(=O)CC[C@H](N)C(=O)N[C@@H](CS)C(=O)N[C@@H](CC(=O)O)C(=O)O. The van der Waals surface area contributed by atoms with E-state index in [0.717, 1.165) is 0 Å². The van der Waals surface area contributed by atoms with Gasteiger partial charge in [-0.25, -0.2) is 4.79 Å². The molecule has 0 saturated heterocycles. The van der Waals surface area contributed by atoms with Crippen LogP contribution in [0.3, 0.4) is 0 Å². The molecule has 0 aliphatic heterocycles. The Morgan fingerprint density at radius 1 is 1.00 bits per heavy atom. The molecule has 0 aromatic carbocycles. The Kier molecular flexibility index (Phi) is 9.42. The van der Waals surface area contributed by atoms with Crippen LogP contribution in [0.5, 0.6) is 0 Å². The lowest BCUT2D eigenvalue weighted by atomic mass is 10.1. The molecule has 11 nitrogen and oxygen atoms in total. The third-order valence-corrected chi connectivity index (χ3v) is 3.21. The molecule has 12 heteroatoms. The Hall–Kier alpha value is -2.34. The van der Waals surface area contributed by atoms with E-state index in [4.69, 9.17) is 21.7 Å². The maximum absolute atomic E-state index is 11.9. The van der Waals surface area contributed by atoms with Gasteiger partial charge in [0.1, 0.15) is 12.1 Å². The number of hydrogen-bond acceptors (Lipinski definition) is 7. The van der Waals surface area contributed by atoms with Crippen molar-refractivity contribution in [3.05, 3.63) is 0 Å². The molecule has 0 aromatic rings. The normalized spacial score (nSPS) is 14.1. The molecule has 0 aromatic heterocycles. The minimum Gasteiger partial charge on any atom is -0.481 e. The molecule has 8 N–H and O–H groups in total. The highest BCUT2D eigenvalue weighted by Gasteiger charge is 2.28. The highest BCUT2D eigenvalue weighted by atomic mass is 32.1. The molecule has 3 atom stereocenters. The van der Waals surface area contributed by atoms with E-state index in [-0.39, 0.29) is 18.6 Å². The summed E-state index contributed by atoms with van der Waals surface area (Å²) in [5.41, 5.74) is 10.5. The van der Waals surface area contributed by atoms with Gasteiger partial charge in [0.25, 0.3) is 0 Å². The first kappa shape index (κ1) is 21.7. The standard InChI is InChI=1S/C12H20N4O7S/c13-5(1-2-8(14)17)10(20)16-7(4-24)11(21)15-6(12(22)23)3-9(18)19/h5-7,24H,1-4,13H2,(H2,14,17)(H,15,21)(H,16,20)(H,18,19)(H,22,23)/t5-,6-,7-/m0/s1.